The van der Waals surface area contributed by atoms with Crippen LogP contribution in [0.25, 0.3) is 0 Å². The highest BCUT2D eigenvalue weighted by Gasteiger charge is 2.15. The van der Waals surface area contributed by atoms with Crippen molar-refractivity contribution < 1.29 is 13.2 Å². The minimum Gasteiger partial charge on any atom is -0.326 e. The summed E-state index contributed by atoms with van der Waals surface area (Å²) in [6.07, 6.45) is 0.383. The lowest BCUT2D eigenvalue weighted by atomic mass is 10.1. The van der Waals surface area contributed by atoms with Crippen LogP contribution < -0.4 is 10.0 Å². The fraction of sp³-hybridized carbons (Fsp3) is 0.235. The molecule has 0 unspecified atom stereocenters. The molecule has 0 saturated heterocycles. The topological polar surface area (TPSA) is 75.3 Å². The third kappa shape index (κ3) is 5.35. The molecule has 2 rings (SSSR count). The quantitative estimate of drug-likeness (QED) is 0.747. The number of nitrogens with one attached hydrogen (secondary N) is 2. The average molecular weight is 411 g/mol. The number of rotatable bonds is 6. The van der Waals surface area contributed by atoms with E-state index in [4.69, 9.17) is 0 Å². The Hall–Kier alpha value is -1.86. The van der Waals surface area contributed by atoms with Gasteiger partial charge in [-0.05, 0) is 48.4 Å². The zero-order chi connectivity index (χ0) is 17.7. The second kappa shape index (κ2) is 7.81. The van der Waals surface area contributed by atoms with Gasteiger partial charge in [-0.1, -0.05) is 35.8 Å². The standard InChI is InChI=1S/C17H19BrN2O3S/c1-12(2)10-17(21)19-15-4-3-5-16(11-15)24(22,23)20-14-8-6-13(18)7-9-14/h3-9,11-12,20H,10H2,1-2H3,(H,19,21). The zero-order valence-corrected chi connectivity index (χ0v) is 15.8. The Morgan fingerprint density at radius 3 is 2.38 bits per heavy atom. The molecule has 2 N–H and O–H groups in total. The second-order valence-electron chi connectivity index (χ2n) is 5.79. The van der Waals surface area contributed by atoms with Crippen molar-refractivity contribution in [2.75, 3.05) is 10.0 Å². The fourth-order valence-electron chi connectivity index (χ4n) is 2.06. The van der Waals surface area contributed by atoms with E-state index in [1.54, 1.807) is 36.4 Å². The summed E-state index contributed by atoms with van der Waals surface area (Å²) in [5.41, 5.74) is 0.923. The number of halogens is 1. The van der Waals surface area contributed by atoms with Crippen LogP contribution in [0.15, 0.2) is 57.9 Å². The van der Waals surface area contributed by atoms with Crippen LogP contribution in [0.2, 0.25) is 0 Å². The van der Waals surface area contributed by atoms with Crippen LogP contribution in [-0.2, 0) is 14.8 Å². The summed E-state index contributed by atoms with van der Waals surface area (Å²) in [5, 5.41) is 2.72. The van der Waals surface area contributed by atoms with E-state index in [-0.39, 0.29) is 16.7 Å². The fourth-order valence-corrected chi connectivity index (χ4v) is 3.42. The molecule has 0 fully saturated rings. The third-order valence-electron chi connectivity index (χ3n) is 3.12. The maximum absolute atomic E-state index is 12.5. The van der Waals surface area contributed by atoms with Crippen LogP contribution in [0.5, 0.6) is 0 Å². The molecule has 128 valence electrons. The second-order valence-corrected chi connectivity index (χ2v) is 8.38. The van der Waals surface area contributed by atoms with Crippen molar-refractivity contribution in [2.24, 2.45) is 5.92 Å². The molecular formula is C17H19BrN2O3S. The first-order valence-corrected chi connectivity index (χ1v) is 9.72. The Bertz CT molecular complexity index is 818. The molecule has 0 aromatic heterocycles. The number of carbonyl (C=O) groups is 1. The molecule has 0 aliphatic rings. The predicted octanol–water partition coefficient (Wildman–Crippen LogP) is 4.23. The Balaban J connectivity index is 2.17. The van der Waals surface area contributed by atoms with Gasteiger partial charge in [-0.3, -0.25) is 9.52 Å². The van der Waals surface area contributed by atoms with Gasteiger partial charge in [-0.25, -0.2) is 8.42 Å². The summed E-state index contributed by atoms with van der Waals surface area (Å²) in [5.74, 6) is 0.0939. The van der Waals surface area contributed by atoms with Crippen molar-refractivity contribution in [3.8, 4) is 0 Å². The normalized spacial score (nSPS) is 11.3. The summed E-state index contributed by atoms with van der Waals surface area (Å²) in [6, 6.07) is 13.0. The largest absolute Gasteiger partial charge is 0.326 e. The van der Waals surface area contributed by atoms with Crippen LogP contribution in [0.1, 0.15) is 20.3 Å². The van der Waals surface area contributed by atoms with E-state index >= 15 is 0 Å². The van der Waals surface area contributed by atoms with E-state index < -0.39 is 10.0 Å². The summed E-state index contributed by atoms with van der Waals surface area (Å²) >= 11 is 3.30. The van der Waals surface area contributed by atoms with Crippen molar-refractivity contribution in [1.29, 1.82) is 0 Å². The maximum atomic E-state index is 12.5. The summed E-state index contributed by atoms with van der Waals surface area (Å²) in [4.78, 5) is 11.9. The van der Waals surface area contributed by atoms with Gasteiger partial charge in [0.15, 0.2) is 0 Å². The van der Waals surface area contributed by atoms with Gasteiger partial charge in [-0.15, -0.1) is 0 Å². The molecule has 0 saturated carbocycles. The zero-order valence-electron chi connectivity index (χ0n) is 13.4. The SMILES string of the molecule is CC(C)CC(=O)Nc1cccc(S(=O)(=O)Nc2ccc(Br)cc2)c1. The van der Waals surface area contributed by atoms with Gasteiger partial charge in [0, 0.05) is 22.3 Å². The average Bonchev–Trinajstić information content (AvgIpc) is 2.49. The molecule has 0 atom stereocenters. The number of amides is 1. The van der Waals surface area contributed by atoms with Crippen molar-refractivity contribution in [3.63, 3.8) is 0 Å². The molecule has 1 amide bonds. The van der Waals surface area contributed by atoms with E-state index in [1.165, 1.54) is 12.1 Å². The molecule has 0 radical (unpaired) electrons. The Labute approximate surface area is 150 Å². The number of hydrogen-bond acceptors (Lipinski definition) is 3. The summed E-state index contributed by atoms with van der Waals surface area (Å²) < 4.78 is 28.3. The van der Waals surface area contributed by atoms with Crippen LogP contribution in [0.4, 0.5) is 11.4 Å². The van der Waals surface area contributed by atoms with Gasteiger partial charge >= 0.3 is 0 Å². The highest BCUT2D eigenvalue weighted by Crippen LogP contribution is 2.21. The Morgan fingerprint density at radius 1 is 1.08 bits per heavy atom. The van der Waals surface area contributed by atoms with E-state index in [0.717, 1.165) is 4.47 Å². The van der Waals surface area contributed by atoms with Crippen molar-refractivity contribution in [3.05, 3.63) is 53.0 Å². The highest BCUT2D eigenvalue weighted by molar-refractivity contribution is 9.10. The molecule has 7 heteroatoms. The number of sulfonamides is 1. The van der Waals surface area contributed by atoms with Crippen LogP contribution >= 0.6 is 15.9 Å². The first kappa shape index (κ1) is 18.5. The first-order valence-electron chi connectivity index (χ1n) is 7.44. The van der Waals surface area contributed by atoms with Gasteiger partial charge < -0.3 is 5.32 Å². The van der Waals surface area contributed by atoms with E-state index in [2.05, 4.69) is 26.0 Å². The smallest absolute Gasteiger partial charge is 0.261 e. The highest BCUT2D eigenvalue weighted by atomic mass is 79.9. The van der Waals surface area contributed by atoms with Crippen molar-refractivity contribution in [1.82, 2.24) is 0 Å². The molecule has 0 bridgehead atoms. The third-order valence-corrected chi connectivity index (χ3v) is 5.03. The molecular weight excluding hydrogens is 392 g/mol. The lowest BCUT2D eigenvalue weighted by Gasteiger charge is -2.11. The van der Waals surface area contributed by atoms with Gasteiger partial charge in [0.05, 0.1) is 4.90 Å². The van der Waals surface area contributed by atoms with E-state index in [1.807, 2.05) is 13.8 Å². The van der Waals surface area contributed by atoms with Gasteiger partial charge in [-0.2, -0.15) is 0 Å². The van der Waals surface area contributed by atoms with Crippen molar-refractivity contribution in [2.45, 2.75) is 25.2 Å². The minimum absolute atomic E-state index is 0.0905. The number of benzene rings is 2. The Morgan fingerprint density at radius 2 is 1.75 bits per heavy atom. The van der Waals surface area contributed by atoms with E-state index in [0.29, 0.717) is 17.8 Å². The monoisotopic (exact) mass is 410 g/mol. The van der Waals surface area contributed by atoms with Gasteiger partial charge in [0.2, 0.25) is 5.91 Å². The predicted molar refractivity (Wildman–Crippen MR) is 99.5 cm³/mol. The van der Waals surface area contributed by atoms with Gasteiger partial charge in [0.25, 0.3) is 10.0 Å². The van der Waals surface area contributed by atoms with Crippen LogP contribution in [0, 0.1) is 5.92 Å². The Kier molecular flexibility index (Phi) is 6.01. The van der Waals surface area contributed by atoms with Gasteiger partial charge in [0.1, 0.15) is 0 Å². The van der Waals surface area contributed by atoms with Crippen LogP contribution in [-0.4, -0.2) is 14.3 Å². The molecule has 0 spiro atoms. The van der Waals surface area contributed by atoms with Crippen molar-refractivity contribution >= 4 is 43.2 Å². The molecule has 0 aliphatic heterocycles. The molecule has 2 aromatic rings. The van der Waals surface area contributed by atoms with E-state index in [9.17, 15) is 13.2 Å². The molecule has 2 aromatic carbocycles. The lowest BCUT2D eigenvalue weighted by Crippen LogP contribution is -2.16. The maximum Gasteiger partial charge on any atom is 0.261 e. The molecule has 5 nitrogen and oxygen atoms in total. The molecule has 0 heterocycles. The number of carbonyl (C=O) groups excluding carboxylic acids is 1. The first-order chi connectivity index (χ1) is 11.3. The summed E-state index contributed by atoms with van der Waals surface area (Å²) in [6.45, 7) is 3.89. The lowest BCUT2D eigenvalue weighted by molar-refractivity contribution is -0.116. The summed E-state index contributed by atoms with van der Waals surface area (Å²) in [7, 11) is -3.72. The molecule has 0 aliphatic carbocycles. The van der Waals surface area contributed by atoms with Crippen LogP contribution in [0.3, 0.4) is 0 Å². The number of hydrogen-bond donors (Lipinski definition) is 2. The molecule has 24 heavy (non-hydrogen) atoms. The number of anilines is 2. The minimum atomic E-state index is -3.72.